The van der Waals surface area contributed by atoms with Crippen LogP contribution in [0.4, 0.5) is 0 Å². The molecule has 0 saturated heterocycles. The van der Waals surface area contributed by atoms with Gasteiger partial charge < -0.3 is 14.5 Å². The van der Waals surface area contributed by atoms with Gasteiger partial charge in [-0.3, -0.25) is 0 Å². The minimum atomic E-state index is -0.358. The van der Waals surface area contributed by atoms with Gasteiger partial charge in [0.2, 0.25) is 0 Å². The maximum Gasteiger partial charge on any atom is 0.339 e. The number of carbonyl (C=O) groups is 1. The van der Waals surface area contributed by atoms with Crippen LogP contribution in [-0.4, -0.2) is 29.5 Å². The molecule has 0 spiro atoms. The number of aromatic nitrogens is 2. The first-order valence-electron chi connectivity index (χ1n) is 7.02. The third kappa shape index (κ3) is 2.58. The summed E-state index contributed by atoms with van der Waals surface area (Å²) in [4.78, 5) is 16.3. The number of rotatable bonds is 4. The van der Waals surface area contributed by atoms with Gasteiger partial charge in [-0.2, -0.15) is 0 Å². The van der Waals surface area contributed by atoms with E-state index in [9.17, 15) is 4.79 Å². The van der Waals surface area contributed by atoms with Crippen LogP contribution in [-0.2, 0) is 11.3 Å². The van der Waals surface area contributed by atoms with E-state index in [2.05, 4.69) is 22.4 Å². The van der Waals surface area contributed by atoms with E-state index in [4.69, 9.17) is 4.74 Å². The number of benzene rings is 1. The summed E-state index contributed by atoms with van der Waals surface area (Å²) < 4.78 is 6.67. The van der Waals surface area contributed by atoms with Gasteiger partial charge in [-0.25, -0.2) is 9.78 Å². The number of pyridine rings is 1. The van der Waals surface area contributed by atoms with Crippen LogP contribution < -0.4 is 5.32 Å². The zero-order chi connectivity index (χ0) is 15.5. The van der Waals surface area contributed by atoms with Crippen molar-refractivity contribution >= 4 is 11.6 Å². The van der Waals surface area contributed by atoms with E-state index in [1.54, 1.807) is 12.4 Å². The second-order valence-corrected chi connectivity index (χ2v) is 5.02. The van der Waals surface area contributed by atoms with Gasteiger partial charge in [-0.15, -0.1) is 0 Å². The Hall–Kier alpha value is -2.66. The van der Waals surface area contributed by atoms with E-state index >= 15 is 0 Å². The summed E-state index contributed by atoms with van der Waals surface area (Å²) in [5, 5.41) is 3.14. The molecule has 22 heavy (non-hydrogen) atoms. The number of ether oxygens (including phenoxy) is 1. The monoisotopic (exact) mass is 295 g/mol. The van der Waals surface area contributed by atoms with Crippen LogP contribution in [0.15, 0.2) is 48.9 Å². The Balaban J connectivity index is 2.18. The fraction of sp³-hybridized carbons (Fsp3) is 0.176. The first-order chi connectivity index (χ1) is 10.7. The molecule has 112 valence electrons. The lowest BCUT2D eigenvalue weighted by Gasteiger charge is -2.09. The average Bonchev–Trinajstić information content (AvgIpc) is 3.02. The van der Waals surface area contributed by atoms with Crippen molar-refractivity contribution in [2.24, 2.45) is 0 Å². The second kappa shape index (κ2) is 5.99. The number of methoxy groups -OCH3 is 1. The Morgan fingerprint density at radius 1 is 1.36 bits per heavy atom. The molecule has 5 nitrogen and oxygen atoms in total. The number of nitrogens with zero attached hydrogens (tertiary/aromatic N) is 2. The lowest BCUT2D eigenvalue weighted by molar-refractivity contribution is 0.0600. The average molecular weight is 295 g/mol. The third-order valence-corrected chi connectivity index (χ3v) is 3.53. The molecule has 5 heteroatoms. The molecule has 0 aliphatic rings. The predicted octanol–water partition coefficient (Wildman–Crippen LogP) is 2.51. The van der Waals surface area contributed by atoms with Gasteiger partial charge in [0, 0.05) is 30.7 Å². The highest BCUT2D eigenvalue weighted by Crippen LogP contribution is 2.26. The Kier molecular flexibility index (Phi) is 3.89. The molecule has 0 saturated carbocycles. The summed E-state index contributed by atoms with van der Waals surface area (Å²) in [6, 6.07) is 10.0. The van der Waals surface area contributed by atoms with E-state index < -0.39 is 0 Å². The molecular formula is C17H17N3O2. The van der Waals surface area contributed by atoms with Crippen molar-refractivity contribution in [1.82, 2.24) is 14.7 Å². The molecular weight excluding hydrogens is 278 g/mol. The SMILES string of the molecule is CNCc1cccc(-c2cc(C(=O)OC)cn3ccnc23)c1. The number of hydrogen-bond acceptors (Lipinski definition) is 4. The van der Waals surface area contributed by atoms with Gasteiger partial charge in [0.25, 0.3) is 0 Å². The number of imidazole rings is 1. The van der Waals surface area contributed by atoms with Crippen molar-refractivity contribution in [3.63, 3.8) is 0 Å². The van der Waals surface area contributed by atoms with Crippen LogP contribution in [0.3, 0.4) is 0 Å². The molecule has 3 rings (SSSR count). The van der Waals surface area contributed by atoms with Gasteiger partial charge in [0.15, 0.2) is 0 Å². The van der Waals surface area contributed by atoms with Crippen LogP contribution >= 0.6 is 0 Å². The van der Waals surface area contributed by atoms with Gasteiger partial charge in [-0.1, -0.05) is 18.2 Å². The Morgan fingerprint density at radius 2 is 2.23 bits per heavy atom. The topological polar surface area (TPSA) is 55.6 Å². The summed E-state index contributed by atoms with van der Waals surface area (Å²) in [7, 11) is 3.30. The quantitative estimate of drug-likeness (QED) is 0.751. The fourth-order valence-corrected chi connectivity index (χ4v) is 2.53. The lowest BCUT2D eigenvalue weighted by atomic mass is 10.0. The van der Waals surface area contributed by atoms with Gasteiger partial charge in [-0.05, 0) is 30.3 Å². The minimum absolute atomic E-state index is 0.358. The Morgan fingerprint density at radius 3 is 3.00 bits per heavy atom. The molecule has 0 unspecified atom stereocenters. The van der Waals surface area contributed by atoms with E-state index in [-0.39, 0.29) is 5.97 Å². The minimum Gasteiger partial charge on any atom is -0.465 e. The van der Waals surface area contributed by atoms with Crippen LogP contribution in [0.1, 0.15) is 15.9 Å². The number of esters is 1. The molecule has 1 N–H and O–H groups in total. The van der Waals surface area contributed by atoms with Crippen molar-refractivity contribution in [1.29, 1.82) is 0 Å². The molecule has 2 heterocycles. The standard InChI is InChI=1S/C17H17N3O2/c1-18-10-12-4-3-5-13(8-12)15-9-14(17(21)22-2)11-20-7-6-19-16(15)20/h3-9,11,18H,10H2,1-2H3. The molecule has 0 fully saturated rings. The van der Waals surface area contributed by atoms with Crippen molar-refractivity contribution < 1.29 is 9.53 Å². The van der Waals surface area contributed by atoms with Gasteiger partial charge >= 0.3 is 5.97 Å². The smallest absolute Gasteiger partial charge is 0.339 e. The zero-order valence-electron chi connectivity index (χ0n) is 12.5. The lowest BCUT2D eigenvalue weighted by Crippen LogP contribution is -2.05. The van der Waals surface area contributed by atoms with Crippen molar-refractivity contribution in [2.45, 2.75) is 6.54 Å². The highest BCUT2D eigenvalue weighted by Gasteiger charge is 2.13. The molecule has 1 aromatic carbocycles. The fourth-order valence-electron chi connectivity index (χ4n) is 2.53. The maximum absolute atomic E-state index is 11.9. The van der Waals surface area contributed by atoms with Crippen LogP contribution in [0, 0.1) is 0 Å². The Bertz CT molecular complexity index is 824. The first kappa shape index (κ1) is 14.3. The largest absolute Gasteiger partial charge is 0.465 e. The number of hydrogen-bond donors (Lipinski definition) is 1. The molecule has 0 atom stereocenters. The summed E-state index contributed by atoms with van der Waals surface area (Å²) >= 11 is 0. The summed E-state index contributed by atoms with van der Waals surface area (Å²) in [5.74, 6) is -0.358. The van der Waals surface area contributed by atoms with E-state index in [0.29, 0.717) is 5.56 Å². The maximum atomic E-state index is 11.9. The van der Waals surface area contributed by atoms with Crippen LogP contribution in [0.25, 0.3) is 16.8 Å². The molecule has 3 aromatic rings. The van der Waals surface area contributed by atoms with Crippen LogP contribution in [0.5, 0.6) is 0 Å². The molecule has 0 aliphatic carbocycles. The Labute approximate surface area is 128 Å². The highest BCUT2D eigenvalue weighted by atomic mass is 16.5. The summed E-state index contributed by atoms with van der Waals surface area (Å²) in [6.45, 7) is 0.787. The molecule has 0 bridgehead atoms. The molecule has 2 aromatic heterocycles. The van der Waals surface area contributed by atoms with Gasteiger partial charge in [0.05, 0.1) is 12.7 Å². The van der Waals surface area contributed by atoms with E-state index in [0.717, 1.165) is 23.3 Å². The number of nitrogens with one attached hydrogen (secondary N) is 1. The molecule has 0 aliphatic heterocycles. The van der Waals surface area contributed by atoms with Crippen molar-refractivity contribution in [3.8, 4) is 11.1 Å². The summed E-state index contributed by atoms with van der Waals surface area (Å²) in [5.41, 5.74) is 4.42. The van der Waals surface area contributed by atoms with E-state index in [1.807, 2.05) is 35.8 Å². The van der Waals surface area contributed by atoms with Gasteiger partial charge in [0.1, 0.15) is 5.65 Å². The predicted molar refractivity (Wildman–Crippen MR) is 84.7 cm³/mol. The van der Waals surface area contributed by atoms with Crippen molar-refractivity contribution in [3.05, 3.63) is 60.0 Å². The molecule has 0 amide bonds. The second-order valence-electron chi connectivity index (χ2n) is 5.02. The summed E-state index contributed by atoms with van der Waals surface area (Å²) in [6.07, 6.45) is 5.27. The molecule has 0 radical (unpaired) electrons. The normalized spacial score (nSPS) is 10.8. The first-order valence-corrected chi connectivity index (χ1v) is 7.02. The zero-order valence-corrected chi connectivity index (χ0v) is 12.5. The number of fused-ring (bicyclic) bond motifs is 1. The highest BCUT2D eigenvalue weighted by molar-refractivity contribution is 5.92. The third-order valence-electron chi connectivity index (χ3n) is 3.53. The van der Waals surface area contributed by atoms with Crippen molar-refractivity contribution in [2.75, 3.05) is 14.2 Å². The van der Waals surface area contributed by atoms with Crippen LogP contribution in [0.2, 0.25) is 0 Å². The van der Waals surface area contributed by atoms with E-state index in [1.165, 1.54) is 12.7 Å². The number of carbonyl (C=O) groups excluding carboxylic acids is 1.